The highest BCUT2D eigenvalue weighted by atomic mass is 16.5. The zero-order valence-corrected chi connectivity index (χ0v) is 18.0. The number of nitrogens with one attached hydrogen (secondary N) is 1. The van der Waals surface area contributed by atoms with Gasteiger partial charge in [-0.2, -0.15) is 0 Å². The average molecular weight is 453 g/mol. The number of carbonyl (C=O) groups excluding carboxylic acids is 5. The van der Waals surface area contributed by atoms with E-state index in [9.17, 15) is 24.0 Å². The largest absolute Gasteiger partial charge is 0.465 e. The second-order valence-electron chi connectivity index (χ2n) is 7.01. The van der Waals surface area contributed by atoms with Gasteiger partial charge in [0.05, 0.1) is 17.9 Å². The molecule has 1 aliphatic rings. The first kappa shape index (κ1) is 23.5. The Bertz CT molecular complexity index is 1040. The molecular weight excluding hydrogens is 430 g/mol. The molecule has 0 spiro atoms. The van der Waals surface area contributed by atoms with E-state index in [1.807, 2.05) is 0 Å². The Morgan fingerprint density at radius 1 is 0.970 bits per heavy atom. The van der Waals surface area contributed by atoms with Crippen LogP contribution >= 0.6 is 0 Å². The topological polar surface area (TPSA) is 122 Å². The van der Waals surface area contributed by atoms with Gasteiger partial charge in [-0.05, 0) is 43.3 Å². The summed E-state index contributed by atoms with van der Waals surface area (Å²) in [5.74, 6) is -2.48. The van der Waals surface area contributed by atoms with Crippen LogP contribution in [0.15, 0.2) is 54.6 Å². The van der Waals surface area contributed by atoms with Crippen LogP contribution in [-0.2, 0) is 28.7 Å². The van der Waals surface area contributed by atoms with Crippen LogP contribution < -0.4 is 15.3 Å². The highest BCUT2D eigenvalue weighted by Crippen LogP contribution is 2.18. The Balaban J connectivity index is 1.63. The van der Waals surface area contributed by atoms with Crippen LogP contribution in [0.2, 0.25) is 0 Å². The van der Waals surface area contributed by atoms with Crippen molar-refractivity contribution >= 4 is 41.0 Å². The lowest BCUT2D eigenvalue weighted by Crippen LogP contribution is -2.50. The third-order valence-corrected chi connectivity index (χ3v) is 4.70. The summed E-state index contributed by atoms with van der Waals surface area (Å²) in [5, 5.41) is 1.12. The number of hydrogen-bond acceptors (Lipinski definition) is 7. The summed E-state index contributed by atoms with van der Waals surface area (Å²) in [6.45, 7) is 0.927. The van der Waals surface area contributed by atoms with E-state index in [1.54, 1.807) is 37.3 Å². The zero-order valence-electron chi connectivity index (χ0n) is 18.0. The molecule has 3 rings (SSSR count). The van der Waals surface area contributed by atoms with Crippen molar-refractivity contribution in [2.75, 3.05) is 29.7 Å². The molecule has 0 atom stereocenters. The molecule has 2 aromatic rings. The highest BCUT2D eigenvalue weighted by Gasteiger charge is 2.25. The van der Waals surface area contributed by atoms with Gasteiger partial charge in [-0.15, -0.1) is 0 Å². The lowest BCUT2D eigenvalue weighted by atomic mass is 10.2. The van der Waals surface area contributed by atoms with E-state index >= 15 is 0 Å². The summed E-state index contributed by atoms with van der Waals surface area (Å²) in [6, 6.07) is 14.3. The Labute approximate surface area is 190 Å². The maximum atomic E-state index is 12.7. The van der Waals surface area contributed by atoms with Crippen LogP contribution in [0.4, 0.5) is 11.4 Å². The number of anilines is 2. The summed E-state index contributed by atoms with van der Waals surface area (Å²) >= 11 is 0. The number of para-hydroxylation sites is 1. The molecule has 1 N–H and O–H groups in total. The number of nitrogens with zero attached hydrogens (tertiary/aromatic N) is 2. The lowest BCUT2D eigenvalue weighted by molar-refractivity contribution is -0.142. The minimum atomic E-state index is -0.756. The molecule has 0 unspecified atom stereocenters. The number of benzene rings is 2. The van der Waals surface area contributed by atoms with E-state index in [-0.39, 0.29) is 43.4 Å². The molecule has 0 aromatic heterocycles. The molecular formula is C23H23N3O7. The molecule has 1 heterocycles. The maximum Gasteiger partial charge on any atom is 0.338 e. The molecule has 1 fully saturated rings. The van der Waals surface area contributed by atoms with Crippen molar-refractivity contribution in [2.24, 2.45) is 0 Å². The van der Waals surface area contributed by atoms with Gasteiger partial charge < -0.3 is 9.47 Å². The normalized spacial score (nSPS) is 13.2. The van der Waals surface area contributed by atoms with E-state index in [0.29, 0.717) is 11.4 Å². The molecule has 33 heavy (non-hydrogen) atoms. The van der Waals surface area contributed by atoms with E-state index in [2.05, 4.69) is 5.43 Å². The monoisotopic (exact) mass is 453 g/mol. The predicted octanol–water partition coefficient (Wildman–Crippen LogP) is 1.60. The number of esters is 2. The van der Waals surface area contributed by atoms with Crippen molar-refractivity contribution in [3.63, 3.8) is 0 Å². The first-order chi connectivity index (χ1) is 15.9. The van der Waals surface area contributed by atoms with Crippen LogP contribution in [0.1, 0.15) is 30.1 Å². The van der Waals surface area contributed by atoms with Gasteiger partial charge in [0.15, 0.2) is 6.61 Å². The predicted molar refractivity (Wildman–Crippen MR) is 117 cm³/mol. The minimum Gasteiger partial charge on any atom is -0.465 e. The van der Waals surface area contributed by atoms with Crippen molar-refractivity contribution in [3.05, 3.63) is 60.2 Å². The summed E-state index contributed by atoms with van der Waals surface area (Å²) in [4.78, 5) is 61.7. The third-order valence-electron chi connectivity index (χ3n) is 4.70. The van der Waals surface area contributed by atoms with E-state index in [1.165, 1.54) is 29.2 Å². The van der Waals surface area contributed by atoms with Crippen LogP contribution in [0.25, 0.3) is 0 Å². The first-order valence-corrected chi connectivity index (χ1v) is 10.3. The van der Waals surface area contributed by atoms with Gasteiger partial charge in [-0.25, -0.2) is 9.80 Å². The summed E-state index contributed by atoms with van der Waals surface area (Å²) in [7, 11) is 0. The van der Waals surface area contributed by atoms with Gasteiger partial charge in [0.1, 0.15) is 6.54 Å². The molecule has 10 nitrogen and oxygen atoms in total. The van der Waals surface area contributed by atoms with E-state index in [4.69, 9.17) is 9.47 Å². The number of hydrogen-bond donors (Lipinski definition) is 1. The number of carbonyl (C=O) groups is 5. The molecule has 0 aliphatic carbocycles. The lowest BCUT2D eigenvalue weighted by Gasteiger charge is -2.27. The second kappa shape index (κ2) is 10.9. The third kappa shape index (κ3) is 6.16. The van der Waals surface area contributed by atoms with Crippen LogP contribution in [0.3, 0.4) is 0 Å². The molecule has 172 valence electrons. The van der Waals surface area contributed by atoms with Crippen LogP contribution in [0, 0.1) is 0 Å². The fourth-order valence-electron chi connectivity index (χ4n) is 3.09. The maximum absolute atomic E-state index is 12.7. The first-order valence-electron chi connectivity index (χ1n) is 10.3. The van der Waals surface area contributed by atoms with Crippen molar-refractivity contribution in [2.45, 2.75) is 19.8 Å². The molecule has 1 aliphatic heterocycles. The minimum absolute atomic E-state index is 0.0987. The number of ether oxygens (including phenoxy) is 2. The highest BCUT2D eigenvalue weighted by molar-refractivity contribution is 6.02. The molecule has 10 heteroatoms. The fourth-order valence-corrected chi connectivity index (χ4v) is 3.09. The number of amides is 3. The summed E-state index contributed by atoms with van der Waals surface area (Å²) < 4.78 is 10.0. The van der Waals surface area contributed by atoms with Crippen molar-refractivity contribution < 1.29 is 33.4 Å². The Morgan fingerprint density at radius 3 is 2.33 bits per heavy atom. The smallest absolute Gasteiger partial charge is 0.338 e. The number of rotatable bonds is 8. The van der Waals surface area contributed by atoms with Crippen molar-refractivity contribution in [3.8, 4) is 0 Å². The van der Waals surface area contributed by atoms with Gasteiger partial charge in [0, 0.05) is 18.5 Å². The van der Waals surface area contributed by atoms with Gasteiger partial charge in [0.25, 0.3) is 5.91 Å². The van der Waals surface area contributed by atoms with Crippen molar-refractivity contribution in [1.82, 2.24) is 5.43 Å². The Hall–Kier alpha value is -4.21. The molecule has 0 bridgehead atoms. The second-order valence-corrected chi connectivity index (χ2v) is 7.01. The van der Waals surface area contributed by atoms with Gasteiger partial charge in [-0.3, -0.25) is 29.5 Å². The molecule has 2 aromatic carbocycles. The Morgan fingerprint density at radius 2 is 1.67 bits per heavy atom. The van der Waals surface area contributed by atoms with E-state index < -0.39 is 24.5 Å². The van der Waals surface area contributed by atoms with Crippen molar-refractivity contribution in [1.29, 1.82) is 0 Å². The average Bonchev–Trinajstić information content (AvgIpc) is 2.83. The van der Waals surface area contributed by atoms with Gasteiger partial charge in [0.2, 0.25) is 11.8 Å². The quantitative estimate of drug-likeness (QED) is 0.603. The standard InChI is InChI=1S/C23H23N3O7/c1-2-32-22(30)14-25(17-6-4-3-5-7-17)21(29)15-33-23(31)16-8-10-18(11-9-16)26-20(28)13-12-19(27)24-26/h3-11H,2,12-15H2,1H3,(H,24,27). The summed E-state index contributed by atoms with van der Waals surface area (Å²) in [6.07, 6.45) is 0.228. The molecule has 1 saturated heterocycles. The molecule has 0 saturated carbocycles. The van der Waals surface area contributed by atoms with Gasteiger partial charge >= 0.3 is 11.9 Å². The van der Waals surface area contributed by atoms with Gasteiger partial charge in [-0.1, -0.05) is 18.2 Å². The molecule has 3 amide bonds. The number of hydrazine groups is 1. The molecule has 0 radical (unpaired) electrons. The SMILES string of the molecule is CCOC(=O)CN(C(=O)COC(=O)c1ccc(N2NC(=O)CCC2=O)cc1)c1ccccc1. The van der Waals surface area contributed by atoms with Crippen LogP contribution in [0.5, 0.6) is 0 Å². The summed E-state index contributed by atoms with van der Waals surface area (Å²) in [5.41, 5.74) is 3.47. The Kier molecular flexibility index (Phi) is 7.74. The zero-order chi connectivity index (χ0) is 23.8. The fraction of sp³-hybridized carbons (Fsp3) is 0.261. The van der Waals surface area contributed by atoms with E-state index in [0.717, 1.165) is 5.01 Å². The van der Waals surface area contributed by atoms with Crippen LogP contribution in [-0.4, -0.2) is 49.4 Å².